The van der Waals surface area contributed by atoms with Crippen molar-refractivity contribution in [1.29, 1.82) is 0 Å². The lowest BCUT2D eigenvalue weighted by atomic mass is 9.74. The molecule has 1 aliphatic carbocycles. The van der Waals surface area contributed by atoms with E-state index < -0.39 is 0 Å². The second-order valence-corrected chi connectivity index (χ2v) is 7.17. The van der Waals surface area contributed by atoms with Crippen molar-refractivity contribution < 1.29 is 0 Å². The molecule has 124 valence electrons. The third-order valence-corrected chi connectivity index (χ3v) is 5.55. The summed E-state index contributed by atoms with van der Waals surface area (Å²) in [6, 6.07) is 2.09. The van der Waals surface area contributed by atoms with Crippen LogP contribution in [0.3, 0.4) is 0 Å². The number of hydrogen-bond donors (Lipinski definition) is 2. The topological polar surface area (TPSA) is 61.8 Å². The van der Waals surface area contributed by atoms with E-state index in [2.05, 4.69) is 37.8 Å². The minimum absolute atomic E-state index is 0.778. The Morgan fingerprint density at radius 2 is 2.30 bits per heavy atom. The van der Waals surface area contributed by atoms with Crippen LogP contribution in [-0.2, 0) is 13.6 Å². The molecule has 0 bridgehead atoms. The Hall–Kier alpha value is -1.82. The number of hydrogen-bond acceptors (Lipinski definition) is 4. The van der Waals surface area contributed by atoms with E-state index in [1.165, 1.54) is 38.0 Å². The lowest BCUT2D eigenvalue weighted by molar-refractivity contribution is 0.207. The number of nitrogens with zero attached hydrogens (tertiary/aromatic N) is 4. The molecule has 1 aliphatic heterocycles. The van der Waals surface area contributed by atoms with Crippen molar-refractivity contribution in [3.05, 3.63) is 30.4 Å². The molecule has 1 saturated heterocycles. The molecular weight excluding hydrogens is 288 g/mol. The average Bonchev–Trinajstić information content (AvgIpc) is 3.26. The molecule has 2 aliphatic rings. The quantitative estimate of drug-likeness (QED) is 0.887. The Bertz CT molecular complexity index is 619. The van der Waals surface area contributed by atoms with Gasteiger partial charge >= 0.3 is 0 Å². The van der Waals surface area contributed by atoms with Crippen LogP contribution in [0.15, 0.2) is 24.7 Å². The maximum atomic E-state index is 4.24. The number of anilines is 1. The fraction of sp³-hybridized carbons (Fsp3) is 0.647. The van der Waals surface area contributed by atoms with Crippen LogP contribution < -0.4 is 5.32 Å². The van der Waals surface area contributed by atoms with Gasteiger partial charge in [0.05, 0.1) is 11.9 Å². The highest BCUT2D eigenvalue weighted by molar-refractivity contribution is 5.38. The van der Waals surface area contributed by atoms with Crippen molar-refractivity contribution in [2.45, 2.75) is 25.8 Å². The predicted molar refractivity (Wildman–Crippen MR) is 89.9 cm³/mol. The molecular formula is C17H26N6. The zero-order valence-electron chi connectivity index (χ0n) is 13.8. The first-order valence-electron chi connectivity index (χ1n) is 8.71. The van der Waals surface area contributed by atoms with Crippen LogP contribution in [0, 0.1) is 17.8 Å². The lowest BCUT2D eigenvalue weighted by Crippen LogP contribution is -2.32. The molecule has 2 fully saturated rings. The fourth-order valence-corrected chi connectivity index (χ4v) is 4.44. The van der Waals surface area contributed by atoms with Crippen molar-refractivity contribution in [3.8, 4) is 0 Å². The zero-order valence-corrected chi connectivity index (χ0v) is 13.8. The summed E-state index contributed by atoms with van der Waals surface area (Å²) in [6.07, 6.45) is 9.94. The van der Waals surface area contributed by atoms with Gasteiger partial charge in [0, 0.05) is 51.3 Å². The summed E-state index contributed by atoms with van der Waals surface area (Å²) in [6.45, 7) is 4.55. The molecule has 0 amide bonds. The van der Waals surface area contributed by atoms with Crippen molar-refractivity contribution in [1.82, 2.24) is 24.9 Å². The summed E-state index contributed by atoms with van der Waals surface area (Å²) < 4.78 is 1.85. The Kier molecular flexibility index (Phi) is 4.08. The van der Waals surface area contributed by atoms with Crippen LogP contribution in [0.1, 0.15) is 25.0 Å². The van der Waals surface area contributed by atoms with E-state index in [-0.39, 0.29) is 0 Å². The predicted octanol–water partition coefficient (Wildman–Crippen LogP) is 2.10. The SMILES string of the molecule is Cn1cc(NC[C@@H]2CCC[C@@H]3CN(Cc4ccn[nH]4)C[C@@H]32)cn1. The molecule has 0 spiro atoms. The molecule has 3 heterocycles. The molecule has 2 N–H and O–H groups in total. The number of fused-ring (bicyclic) bond motifs is 1. The van der Waals surface area contributed by atoms with Gasteiger partial charge in [-0.15, -0.1) is 0 Å². The molecule has 3 atom stereocenters. The van der Waals surface area contributed by atoms with E-state index in [9.17, 15) is 0 Å². The zero-order chi connectivity index (χ0) is 15.6. The summed E-state index contributed by atoms with van der Waals surface area (Å²) >= 11 is 0. The van der Waals surface area contributed by atoms with E-state index in [0.29, 0.717) is 0 Å². The van der Waals surface area contributed by atoms with Crippen molar-refractivity contribution in [2.24, 2.45) is 24.8 Å². The Morgan fingerprint density at radius 1 is 1.35 bits per heavy atom. The maximum Gasteiger partial charge on any atom is 0.0726 e. The summed E-state index contributed by atoms with van der Waals surface area (Å²) in [4.78, 5) is 2.60. The van der Waals surface area contributed by atoms with Gasteiger partial charge in [0.15, 0.2) is 0 Å². The van der Waals surface area contributed by atoms with Gasteiger partial charge in [-0.2, -0.15) is 10.2 Å². The van der Waals surface area contributed by atoms with Crippen LogP contribution in [0.25, 0.3) is 0 Å². The van der Waals surface area contributed by atoms with E-state index >= 15 is 0 Å². The van der Waals surface area contributed by atoms with Gasteiger partial charge in [0.1, 0.15) is 0 Å². The molecule has 0 unspecified atom stereocenters. The third-order valence-electron chi connectivity index (χ3n) is 5.55. The number of aromatic amines is 1. The summed E-state index contributed by atoms with van der Waals surface area (Å²) in [5, 5.41) is 15.0. The highest BCUT2D eigenvalue weighted by atomic mass is 15.3. The number of likely N-dealkylation sites (tertiary alicyclic amines) is 1. The van der Waals surface area contributed by atoms with Crippen molar-refractivity contribution in [3.63, 3.8) is 0 Å². The van der Waals surface area contributed by atoms with E-state index in [4.69, 9.17) is 0 Å². The molecule has 6 nitrogen and oxygen atoms in total. The van der Waals surface area contributed by atoms with Gasteiger partial charge in [-0.05, 0) is 36.7 Å². The van der Waals surface area contributed by atoms with Crippen molar-refractivity contribution in [2.75, 3.05) is 25.0 Å². The van der Waals surface area contributed by atoms with Gasteiger partial charge in [-0.3, -0.25) is 14.7 Å². The number of nitrogens with one attached hydrogen (secondary N) is 2. The van der Waals surface area contributed by atoms with E-state index in [1.807, 2.05) is 24.1 Å². The minimum Gasteiger partial charge on any atom is -0.382 e. The number of aryl methyl sites for hydroxylation is 1. The smallest absolute Gasteiger partial charge is 0.0726 e. The van der Waals surface area contributed by atoms with Gasteiger partial charge in [0.2, 0.25) is 0 Å². The lowest BCUT2D eigenvalue weighted by Gasteiger charge is -2.33. The Labute approximate surface area is 137 Å². The van der Waals surface area contributed by atoms with Crippen LogP contribution >= 0.6 is 0 Å². The van der Waals surface area contributed by atoms with E-state index in [1.54, 1.807) is 0 Å². The number of aromatic nitrogens is 4. The largest absolute Gasteiger partial charge is 0.382 e. The molecule has 0 aromatic carbocycles. The second-order valence-electron chi connectivity index (χ2n) is 7.17. The molecule has 0 radical (unpaired) electrons. The van der Waals surface area contributed by atoms with Gasteiger partial charge in [-0.25, -0.2) is 0 Å². The highest BCUT2D eigenvalue weighted by Gasteiger charge is 2.39. The van der Waals surface area contributed by atoms with Gasteiger partial charge < -0.3 is 5.32 Å². The van der Waals surface area contributed by atoms with Crippen molar-refractivity contribution >= 4 is 5.69 Å². The first kappa shape index (κ1) is 14.8. The molecule has 6 heteroatoms. The summed E-state index contributed by atoms with van der Waals surface area (Å²) in [5.74, 6) is 2.48. The number of rotatable bonds is 5. The van der Waals surface area contributed by atoms with Crippen LogP contribution in [0.4, 0.5) is 5.69 Å². The van der Waals surface area contributed by atoms with Crippen LogP contribution in [-0.4, -0.2) is 44.5 Å². The molecule has 2 aromatic rings. The van der Waals surface area contributed by atoms with Crippen LogP contribution in [0.5, 0.6) is 0 Å². The second kappa shape index (κ2) is 6.35. The first-order valence-corrected chi connectivity index (χ1v) is 8.71. The molecule has 4 rings (SSSR count). The standard InChI is InChI=1S/C17H26N6/c1-22-10-16(8-20-22)18-7-13-3-2-4-14-9-23(12-17(13)14)11-15-5-6-19-21-15/h5-6,8,10,13-14,17-18H,2-4,7,9,11-12H2,1H3,(H,19,21)/t13-,14+,17+/m0/s1. The fourth-order valence-electron chi connectivity index (χ4n) is 4.44. The Morgan fingerprint density at radius 3 is 3.09 bits per heavy atom. The Balaban J connectivity index is 1.35. The number of H-pyrrole nitrogens is 1. The summed E-state index contributed by atoms with van der Waals surface area (Å²) in [5.41, 5.74) is 2.37. The van der Waals surface area contributed by atoms with Crippen LogP contribution in [0.2, 0.25) is 0 Å². The molecule has 1 saturated carbocycles. The third kappa shape index (κ3) is 3.27. The summed E-state index contributed by atoms with van der Waals surface area (Å²) in [7, 11) is 1.96. The minimum atomic E-state index is 0.778. The van der Waals surface area contributed by atoms with Gasteiger partial charge in [0.25, 0.3) is 0 Å². The molecule has 23 heavy (non-hydrogen) atoms. The molecule has 2 aromatic heterocycles. The van der Waals surface area contributed by atoms with E-state index in [0.717, 1.165) is 36.5 Å². The highest BCUT2D eigenvalue weighted by Crippen LogP contribution is 2.40. The normalized spacial score (nSPS) is 28.0. The average molecular weight is 314 g/mol. The maximum absolute atomic E-state index is 4.24. The monoisotopic (exact) mass is 314 g/mol. The van der Waals surface area contributed by atoms with Gasteiger partial charge in [-0.1, -0.05) is 6.42 Å². The first-order chi connectivity index (χ1) is 11.3.